The van der Waals surface area contributed by atoms with E-state index in [1.54, 1.807) is 0 Å². The first-order valence-electron chi connectivity index (χ1n) is 8.42. The molecule has 0 aromatic heterocycles. The van der Waals surface area contributed by atoms with Crippen molar-refractivity contribution in [2.45, 2.75) is 78.6 Å². The first kappa shape index (κ1) is 18.3. The molecule has 0 saturated carbocycles. The van der Waals surface area contributed by atoms with Crippen molar-refractivity contribution < 1.29 is 0 Å². The number of allylic oxidation sites excluding steroid dienone is 3. The van der Waals surface area contributed by atoms with E-state index in [1.807, 2.05) is 0 Å². The summed E-state index contributed by atoms with van der Waals surface area (Å²) in [7, 11) is 0. The molecule has 0 radical (unpaired) electrons. The summed E-state index contributed by atoms with van der Waals surface area (Å²) in [5, 5.41) is 0. The number of nitrogens with zero attached hydrogens (tertiary/aromatic N) is 1. The van der Waals surface area contributed by atoms with Crippen LogP contribution in [0.5, 0.6) is 0 Å². The lowest BCUT2D eigenvalue weighted by Crippen LogP contribution is -2.19. The Kier molecular flexibility index (Phi) is 14.8. The van der Waals surface area contributed by atoms with Crippen LogP contribution >= 0.6 is 0 Å². The van der Waals surface area contributed by atoms with Gasteiger partial charge in [-0.15, -0.1) is 0 Å². The van der Waals surface area contributed by atoms with E-state index in [9.17, 15) is 0 Å². The van der Waals surface area contributed by atoms with E-state index in [0.29, 0.717) is 0 Å². The smallest absolute Gasteiger partial charge is 0.0172 e. The van der Waals surface area contributed by atoms with Crippen LogP contribution in [0.3, 0.4) is 0 Å². The van der Waals surface area contributed by atoms with E-state index in [0.717, 1.165) is 6.42 Å². The van der Waals surface area contributed by atoms with Gasteiger partial charge in [0.05, 0.1) is 0 Å². The first-order valence-corrected chi connectivity index (χ1v) is 8.42. The van der Waals surface area contributed by atoms with Crippen LogP contribution in [0.1, 0.15) is 78.6 Å². The molecule has 1 heteroatoms. The highest BCUT2D eigenvalue weighted by molar-refractivity contribution is 5.01. The molecule has 0 amide bonds. The van der Waals surface area contributed by atoms with E-state index >= 15 is 0 Å². The number of hydrogen-bond donors (Lipinski definition) is 0. The average molecular weight is 265 g/mol. The molecule has 112 valence electrons. The largest absolute Gasteiger partial charge is 0.377 e. The number of rotatable bonds is 13. The maximum atomic E-state index is 2.51. The highest BCUT2D eigenvalue weighted by Gasteiger charge is 1.98. The SMILES string of the molecule is CCC=CC=CN(CCCCCC)CCCCCC. The summed E-state index contributed by atoms with van der Waals surface area (Å²) >= 11 is 0. The summed E-state index contributed by atoms with van der Waals surface area (Å²) in [6.07, 6.45) is 20.8. The van der Waals surface area contributed by atoms with Crippen molar-refractivity contribution in [3.8, 4) is 0 Å². The molecule has 19 heavy (non-hydrogen) atoms. The fourth-order valence-electron chi connectivity index (χ4n) is 2.13. The Balaban J connectivity index is 3.91. The Labute approximate surface area is 121 Å². The normalized spacial score (nSPS) is 11.7. The zero-order chi connectivity index (χ0) is 14.2. The van der Waals surface area contributed by atoms with Crippen LogP contribution in [0.15, 0.2) is 24.4 Å². The van der Waals surface area contributed by atoms with Gasteiger partial charge in [-0.1, -0.05) is 71.4 Å². The second-order valence-corrected chi connectivity index (χ2v) is 5.34. The molecule has 0 N–H and O–H groups in total. The Bertz CT molecular complexity index is 206. The summed E-state index contributed by atoms with van der Waals surface area (Å²) in [5.41, 5.74) is 0. The van der Waals surface area contributed by atoms with Crippen molar-refractivity contribution in [2.75, 3.05) is 13.1 Å². The van der Waals surface area contributed by atoms with Crippen LogP contribution in [0.25, 0.3) is 0 Å². The van der Waals surface area contributed by atoms with Gasteiger partial charge < -0.3 is 4.90 Å². The molecule has 0 saturated heterocycles. The topological polar surface area (TPSA) is 3.24 Å². The molecule has 0 aliphatic carbocycles. The van der Waals surface area contributed by atoms with Crippen LogP contribution in [0, 0.1) is 0 Å². The molecule has 0 unspecified atom stereocenters. The van der Waals surface area contributed by atoms with Gasteiger partial charge >= 0.3 is 0 Å². The molecule has 0 aliphatic heterocycles. The molecule has 0 heterocycles. The predicted molar refractivity (Wildman–Crippen MR) is 88.4 cm³/mol. The minimum atomic E-state index is 1.12. The summed E-state index contributed by atoms with van der Waals surface area (Å²) in [6, 6.07) is 0. The molecule has 0 aliphatic rings. The van der Waals surface area contributed by atoms with Gasteiger partial charge in [0, 0.05) is 13.1 Å². The lowest BCUT2D eigenvalue weighted by Gasteiger charge is -2.20. The van der Waals surface area contributed by atoms with Gasteiger partial charge in [0.15, 0.2) is 0 Å². The first-order chi connectivity index (χ1) is 9.35. The monoisotopic (exact) mass is 265 g/mol. The van der Waals surface area contributed by atoms with Crippen molar-refractivity contribution in [1.29, 1.82) is 0 Å². The van der Waals surface area contributed by atoms with Crippen LogP contribution in [0.2, 0.25) is 0 Å². The van der Waals surface area contributed by atoms with Crippen LogP contribution < -0.4 is 0 Å². The number of hydrogen-bond acceptors (Lipinski definition) is 1. The maximum Gasteiger partial charge on any atom is 0.0172 e. The molecule has 0 atom stereocenters. The van der Waals surface area contributed by atoms with E-state index in [1.165, 1.54) is 64.5 Å². The third kappa shape index (κ3) is 13.5. The molecule has 1 nitrogen and oxygen atoms in total. The molecule has 0 aromatic rings. The van der Waals surface area contributed by atoms with Crippen molar-refractivity contribution in [2.24, 2.45) is 0 Å². The van der Waals surface area contributed by atoms with Crippen molar-refractivity contribution in [3.05, 3.63) is 24.4 Å². The van der Waals surface area contributed by atoms with Crippen LogP contribution in [0.4, 0.5) is 0 Å². The van der Waals surface area contributed by atoms with Gasteiger partial charge in [-0.25, -0.2) is 0 Å². The quantitative estimate of drug-likeness (QED) is 0.295. The van der Waals surface area contributed by atoms with Crippen molar-refractivity contribution >= 4 is 0 Å². The van der Waals surface area contributed by atoms with Crippen LogP contribution in [-0.4, -0.2) is 18.0 Å². The zero-order valence-electron chi connectivity index (χ0n) is 13.5. The van der Waals surface area contributed by atoms with Gasteiger partial charge in [-0.05, 0) is 31.5 Å². The van der Waals surface area contributed by atoms with E-state index in [-0.39, 0.29) is 0 Å². The Morgan fingerprint density at radius 3 is 1.74 bits per heavy atom. The van der Waals surface area contributed by atoms with Gasteiger partial charge in [-0.3, -0.25) is 0 Å². The van der Waals surface area contributed by atoms with E-state index in [4.69, 9.17) is 0 Å². The van der Waals surface area contributed by atoms with E-state index in [2.05, 4.69) is 50.1 Å². The van der Waals surface area contributed by atoms with Gasteiger partial charge in [0.1, 0.15) is 0 Å². The number of unbranched alkanes of at least 4 members (excludes halogenated alkanes) is 6. The van der Waals surface area contributed by atoms with Crippen LogP contribution in [-0.2, 0) is 0 Å². The second-order valence-electron chi connectivity index (χ2n) is 5.34. The third-order valence-corrected chi connectivity index (χ3v) is 3.38. The third-order valence-electron chi connectivity index (χ3n) is 3.38. The minimum Gasteiger partial charge on any atom is -0.377 e. The fourth-order valence-corrected chi connectivity index (χ4v) is 2.13. The van der Waals surface area contributed by atoms with Crippen molar-refractivity contribution in [1.82, 2.24) is 4.90 Å². The second kappa shape index (κ2) is 15.3. The van der Waals surface area contributed by atoms with E-state index < -0.39 is 0 Å². The highest BCUT2D eigenvalue weighted by Crippen LogP contribution is 2.06. The molecule has 0 spiro atoms. The lowest BCUT2D eigenvalue weighted by atomic mass is 10.2. The van der Waals surface area contributed by atoms with Crippen molar-refractivity contribution in [3.63, 3.8) is 0 Å². The Hall–Kier alpha value is -0.720. The molecular formula is C18H35N. The average Bonchev–Trinajstić information content (AvgIpc) is 2.43. The molecule has 0 rings (SSSR count). The summed E-state index contributed by atoms with van der Waals surface area (Å²) in [4.78, 5) is 2.51. The van der Waals surface area contributed by atoms with Gasteiger partial charge in [-0.2, -0.15) is 0 Å². The molecule has 0 bridgehead atoms. The van der Waals surface area contributed by atoms with Gasteiger partial charge in [0.2, 0.25) is 0 Å². The molecule has 0 fully saturated rings. The molecular weight excluding hydrogens is 230 g/mol. The fraction of sp³-hybridized carbons (Fsp3) is 0.778. The van der Waals surface area contributed by atoms with Gasteiger partial charge in [0.25, 0.3) is 0 Å². The Morgan fingerprint density at radius 1 is 0.684 bits per heavy atom. The highest BCUT2D eigenvalue weighted by atomic mass is 15.1. The minimum absolute atomic E-state index is 1.12. The predicted octanol–water partition coefficient (Wildman–Crippen LogP) is 5.93. The Morgan fingerprint density at radius 2 is 1.26 bits per heavy atom. The summed E-state index contributed by atoms with van der Waals surface area (Å²) < 4.78 is 0. The zero-order valence-corrected chi connectivity index (χ0v) is 13.5. The standard InChI is InChI=1S/C18H35N/c1-4-7-10-13-16-19(17-14-11-8-5-2)18-15-12-9-6-3/h7,10,13,16H,4-6,8-9,11-12,14-15,17-18H2,1-3H3. The lowest BCUT2D eigenvalue weighted by molar-refractivity contribution is 0.351. The summed E-state index contributed by atoms with van der Waals surface area (Å²) in [6.45, 7) is 9.18. The maximum absolute atomic E-state index is 2.51. The molecule has 0 aromatic carbocycles. The summed E-state index contributed by atoms with van der Waals surface area (Å²) in [5.74, 6) is 0.